The smallest absolute Gasteiger partial charge is 0.273 e. The highest BCUT2D eigenvalue weighted by molar-refractivity contribution is 7.09. The maximum absolute atomic E-state index is 13.3. The Morgan fingerprint density at radius 3 is 2.06 bits per heavy atom. The van der Waals surface area contributed by atoms with Gasteiger partial charge in [-0.2, -0.15) is 0 Å². The molecule has 1 amide bonds. The van der Waals surface area contributed by atoms with E-state index in [0.29, 0.717) is 30.4 Å². The molecule has 0 saturated heterocycles. The summed E-state index contributed by atoms with van der Waals surface area (Å²) in [6.07, 6.45) is 1.85. The first kappa shape index (κ1) is 24.4. The number of carbonyl (C=O) groups is 1. The summed E-state index contributed by atoms with van der Waals surface area (Å²) in [6, 6.07) is 14.3. The molecule has 0 bridgehead atoms. The van der Waals surface area contributed by atoms with E-state index in [-0.39, 0.29) is 11.7 Å². The number of amides is 1. The summed E-state index contributed by atoms with van der Waals surface area (Å²) in [7, 11) is 0. The molecular formula is C25H29ClFN3OS. The van der Waals surface area contributed by atoms with Crippen LogP contribution in [0.4, 0.5) is 4.39 Å². The average molecular weight is 474 g/mol. The number of benzene rings is 2. The Morgan fingerprint density at radius 1 is 0.938 bits per heavy atom. The van der Waals surface area contributed by atoms with Crippen LogP contribution in [-0.4, -0.2) is 33.8 Å². The Hall–Kier alpha value is -2.28. The first-order valence-corrected chi connectivity index (χ1v) is 12.2. The predicted octanol–water partition coefficient (Wildman–Crippen LogP) is 6.40. The second-order valence-corrected chi connectivity index (χ2v) is 9.20. The van der Waals surface area contributed by atoms with Gasteiger partial charge in [-0.05, 0) is 48.2 Å². The lowest BCUT2D eigenvalue weighted by Crippen LogP contribution is -2.32. The van der Waals surface area contributed by atoms with Crippen molar-refractivity contribution in [2.75, 3.05) is 13.1 Å². The number of nitrogens with zero attached hydrogens (tertiary/aromatic N) is 3. The number of halogens is 2. The normalized spacial score (nSPS) is 11.2. The van der Waals surface area contributed by atoms with E-state index in [1.54, 1.807) is 12.1 Å². The van der Waals surface area contributed by atoms with Crippen molar-refractivity contribution in [3.8, 4) is 0 Å². The van der Waals surface area contributed by atoms with Gasteiger partial charge in [0.2, 0.25) is 0 Å². The Bertz CT molecular complexity index is 938. The summed E-state index contributed by atoms with van der Waals surface area (Å²) in [5.74, 6) is -0.247. The zero-order valence-corrected chi connectivity index (χ0v) is 20.1. The van der Waals surface area contributed by atoms with Crippen LogP contribution in [0.3, 0.4) is 0 Å². The van der Waals surface area contributed by atoms with Crippen LogP contribution >= 0.6 is 22.9 Å². The first-order chi connectivity index (χ1) is 15.5. The van der Waals surface area contributed by atoms with Crippen molar-refractivity contribution in [1.29, 1.82) is 0 Å². The Balaban J connectivity index is 1.75. The van der Waals surface area contributed by atoms with Crippen molar-refractivity contribution in [3.05, 3.63) is 86.6 Å². The molecule has 4 nitrogen and oxygen atoms in total. The third-order valence-electron chi connectivity index (χ3n) is 5.04. The molecule has 0 radical (unpaired) electrons. The van der Waals surface area contributed by atoms with Gasteiger partial charge in [0.1, 0.15) is 16.5 Å². The van der Waals surface area contributed by atoms with Crippen molar-refractivity contribution in [1.82, 2.24) is 14.8 Å². The van der Waals surface area contributed by atoms with E-state index in [1.165, 1.54) is 23.5 Å². The molecule has 0 aliphatic carbocycles. The molecule has 7 heteroatoms. The fraction of sp³-hybridized carbons (Fsp3) is 0.360. The minimum atomic E-state index is -0.246. The molecule has 1 heterocycles. The number of rotatable bonds is 11. The van der Waals surface area contributed by atoms with Crippen molar-refractivity contribution >= 4 is 28.8 Å². The zero-order chi connectivity index (χ0) is 22.9. The van der Waals surface area contributed by atoms with Crippen LogP contribution in [0.1, 0.15) is 53.3 Å². The summed E-state index contributed by atoms with van der Waals surface area (Å²) in [4.78, 5) is 21.6. The highest BCUT2D eigenvalue weighted by atomic mass is 35.5. The summed E-state index contributed by atoms with van der Waals surface area (Å²) in [5.41, 5.74) is 2.66. The summed E-state index contributed by atoms with van der Waals surface area (Å²) in [6.45, 7) is 7.57. The van der Waals surface area contributed by atoms with Crippen molar-refractivity contribution < 1.29 is 9.18 Å². The minimum absolute atomic E-state index is 0.000939. The lowest BCUT2D eigenvalue weighted by atomic mass is 10.1. The SMILES string of the molecule is CCCN(CCC)C(=O)c1csc(CN(Cc2ccc(F)cc2)Cc2ccc(Cl)cc2)n1. The highest BCUT2D eigenvalue weighted by Crippen LogP contribution is 2.19. The van der Waals surface area contributed by atoms with E-state index >= 15 is 0 Å². The maximum Gasteiger partial charge on any atom is 0.273 e. The van der Waals surface area contributed by atoms with E-state index < -0.39 is 0 Å². The van der Waals surface area contributed by atoms with Gasteiger partial charge in [0.25, 0.3) is 5.91 Å². The molecule has 0 saturated carbocycles. The molecule has 0 aliphatic rings. The molecule has 3 aromatic rings. The number of hydrogen-bond donors (Lipinski definition) is 0. The van der Waals surface area contributed by atoms with Gasteiger partial charge in [-0.3, -0.25) is 9.69 Å². The van der Waals surface area contributed by atoms with E-state index in [9.17, 15) is 9.18 Å². The fourth-order valence-electron chi connectivity index (χ4n) is 3.55. The molecule has 0 N–H and O–H groups in total. The molecule has 0 unspecified atom stereocenters. The topological polar surface area (TPSA) is 36.4 Å². The monoisotopic (exact) mass is 473 g/mol. The molecule has 32 heavy (non-hydrogen) atoms. The standard InChI is InChI=1S/C25H29ClFN3OS/c1-3-13-30(14-4-2)25(31)23-18-32-24(28-23)17-29(15-19-5-9-21(26)10-6-19)16-20-7-11-22(27)12-8-20/h5-12,18H,3-4,13-17H2,1-2H3. The lowest BCUT2D eigenvalue weighted by molar-refractivity contribution is 0.0750. The van der Waals surface area contributed by atoms with E-state index in [2.05, 4.69) is 23.7 Å². The third kappa shape index (κ3) is 7.12. The van der Waals surface area contributed by atoms with E-state index in [0.717, 1.165) is 42.1 Å². The highest BCUT2D eigenvalue weighted by Gasteiger charge is 2.19. The zero-order valence-electron chi connectivity index (χ0n) is 18.6. The molecule has 0 fully saturated rings. The molecule has 2 aromatic carbocycles. The van der Waals surface area contributed by atoms with Gasteiger partial charge in [-0.25, -0.2) is 9.37 Å². The van der Waals surface area contributed by atoms with Gasteiger partial charge >= 0.3 is 0 Å². The number of carbonyl (C=O) groups excluding carboxylic acids is 1. The van der Waals surface area contributed by atoms with E-state index in [1.807, 2.05) is 34.5 Å². The minimum Gasteiger partial charge on any atom is -0.337 e. The Morgan fingerprint density at radius 2 is 1.50 bits per heavy atom. The molecule has 1 aromatic heterocycles. The van der Waals surface area contributed by atoms with Crippen LogP contribution in [0.5, 0.6) is 0 Å². The molecule has 0 aliphatic heterocycles. The predicted molar refractivity (Wildman–Crippen MR) is 129 cm³/mol. The number of aromatic nitrogens is 1. The molecular weight excluding hydrogens is 445 g/mol. The Kier molecular flexibility index (Phi) is 9.21. The molecule has 170 valence electrons. The summed E-state index contributed by atoms with van der Waals surface area (Å²) >= 11 is 7.54. The van der Waals surface area contributed by atoms with Crippen LogP contribution in [0, 0.1) is 5.82 Å². The van der Waals surface area contributed by atoms with Crippen molar-refractivity contribution in [2.24, 2.45) is 0 Å². The molecule has 0 spiro atoms. The quantitative estimate of drug-likeness (QED) is 0.323. The van der Waals surface area contributed by atoms with Crippen LogP contribution in [0.15, 0.2) is 53.9 Å². The van der Waals surface area contributed by atoms with Gasteiger partial charge in [0.05, 0.1) is 6.54 Å². The van der Waals surface area contributed by atoms with Gasteiger partial charge in [-0.15, -0.1) is 11.3 Å². The van der Waals surface area contributed by atoms with Gasteiger partial charge < -0.3 is 4.90 Å². The van der Waals surface area contributed by atoms with Crippen LogP contribution in [0.2, 0.25) is 5.02 Å². The average Bonchev–Trinajstić information content (AvgIpc) is 3.24. The van der Waals surface area contributed by atoms with Crippen molar-refractivity contribution in [3.63, 3.8) is 0 Å². The van der Waals surface area contributed by atoms with Crippen molar-refractivity contribution in [2.45, 2.75) is 46.3 Å². The van der Waals surface area contributed by atoms with Gasteiger partial charge in [-0.1, -0.05) is 49.7 Å². The molecule has 0 atom stereocenters. The van der Waals surface area contributed by atoms with Gasteiger partial charge in [0.15, 0.2) is 0 Å². The van der Waals surface area contributed by atoms with Crippen LogP contribution in [-0.2, 0) is 19.6 Å². The third-order valence-corrected chi connectivity index (χ3v) is 6.13. The van der Waals surface area contributed by atoms with Crippen LogP contribution in [0.25, 0.3) is 0 Å². The fourth-order valence-corrected chi connectivity index (χ4v) is 4.49. The number of thiazole rings is 1. The largest absolute Gasteiger partial charge is 0.337 e. The maximum atomic E-state index is 13.3. The lowest BCUT2D eigenvalue weighted by Gasteiger charge is -2.22. The van der Waals surface area contributed by atoms with E-state index in [4.69, 9.17) is 11.6 Å². The molecule has 3 rings (SSSR count). The summed E-state index contributed by atoms with van der Waals surface area (Å²) < 4.78 is 13.3. The summed E-state index contributed by atoms with van der Waals surface area (Å²) in [5, 5.41) is 3.44. The Labute approximate surface area is 198 Å². The second kappa shape index (κ2) is 12.1. The second-order valence-electron chi connectivity index (χ2n) is 7.82. The van der Waals surface area contributed by atoms with Crippen LogP contribution < -0.4 is 0 Å². The first-order valence-electron chi connectivity index (χ1n) is 10.9. The number of hydrogen-bond acceptors (Lipinski definition) is 4. The van der Waals surface area contributed by atoms with Gasteiger partial charge in [0, 0.05) is 36.6 Å².